The maximum absolute atomic E-state index is 12.1. The highest BCUT2D eigenvalue weighted by Crippen LogP contribution is 2.02. The molecule has 1 aliphatic heterocycles. The summed E-state index contributed by atoms with van der Waals surface area (Å²) in [6.45, 7) is 0.191. The molecule has 8 heavy (non-hydrogen) atoms. The van der Waals surface area contributed by atoms with Gasteiger partial charge < -0.3 is 5.01 Å². The van der Waals surface area contributed by atoms with E-state index in [0.29, 0.717) is 0 Å². The van der Waals surface area contributed by atoms with Crippen LogP contribution in [0.25, 0.3) is 0 Å². The highest BCUT2D eigenvalue weighted by molar-refractivity contribution is 5.12. The number of halogens is 1. The van der Waals surface area contributed by atoms with Crippen LogP contribution in [-0.4, -0.2) is 11.6 Å². The molecule has 1 rings (SSSR count). The second-order valence-electron chi connectivity index (χ2n) is 1.63. The number of nitrogens with two attached hydrogens (primary N) is 1. The molecule has 0 aliphatic carbocycles. The SMILES string of the molecule is NN1C=CC=C(F)C1. The smallest absolute Gasteiger partial charge is 0.121 e. The Morgan fingerprint density at radius 2 is 2.50 bits per heavy atom. The van der Waals surface area contributed by atoms with E-state index in [0.717, 1.165) is 0 Å². The molecule has 0 aromatic carbocycles. The number of hydrogen-bond acceptors (Lipinski definition) is 2. The molecule has 0 radical (unpaired) electrons. The van der Waals surface area contributed by atoms with Gasteiger partial charge >= 0.3 is 0 Å². The van der Waals surface area contributed by atoms with Gasteiger partial charge in [-0.3, -0.25) is 0 Å². The lowest BCUT2D eigenvalue weighted by Crippen LogP contribution is -2.27. The maximum atomic E-state index is 12.1. The lowest BCUT2D eigenvalue weighted by atomic mass is 10.4. The van der Waals surface area contributed by atoms with Crippen molar-refractivity contribution in [1.82, 2.24) is 5.01 Å². The van der Waals surface area contributed by atoms with Crippen molar-refractivity contribution in [3.63, 3.8) is 0 Å². The van der Waals surface area contributed by atoms with Crippen LogP contribution < -0.4 is 5.84 Å². The van der Waals surface area contributed by atoms with Crippen molar-refractivity contribution < 1.29 is 4.39 Å². The summed E-state index contributed by atoms with van der Waals surface area (Å²) >= 11 is 0. The largest absolute Gasteiger partial charge is 0.312 e. The van der Waals surface area contributed by atoms with E-state index in [4.69, 9.17) is 5.84 Å². The molecule has 0 saturated carbocycles. The van der Waals surface area contributed by atoms with Crippen molar-refractivity contribution in [3.05, 3.63) is 24.2 Å². The van der Waals surface area contributed by atoms with Gasteiger partial charge in [0, 0.05) is 6.20 Å². The van der Waals surface area contributed by atoms with Gasteiger partial charge in [-0.1, -0.05) is 0 Å². The van der Waals surface area contributed by atoms with Crippen LogP contribution in [0.1, 0.15) is 0 Å². The predicted molar refractivity (Wildman–Crippen MR) is 29.2 cm³/mol. The Morgan fingerprint density at radius 1 is 1.75 bits per heavy atom. The molecule has 0 unspecified atom stereocenters. The van der Waals surface area contributed by atoms with E-state index in [-0.39, 0.29) is 12.4 Å². The van der Waals surface area contributed by atoms with Crippen LogP contribution in [0.3, 0.4) is 0 Å². The van der Waals surface area contributed by atoms with Gasteiger partial charge in [0.25, 0.3) is 0 Å². The summed E-state index contributed by atoms with van der Waals surface area (Å²) < 4.78 is 12.1. The second kappa shape index (κ2) is 1.96. The Labute approximate surface area is 47.0 Å². The predicted octanol–water partition coefficient (Wildman–Crippen LogP) is 0.543. The molecule has 0 atom stereocenters. The Hall–Kier alpha value is -0.830. The number of nitrogens with zero attached hydrogens (tertiary/aromatic N) is 1. The fraction of sp³-hybridized carbons (Fsp3) is 0.200. The van der Waals surface area contributed by atoms with Crippen molar-refractivity contribution in [2.75, 3.05) is 6.54 Å². The van der Waals surface area contributed by atoms with Crippen molar-refractivity contribution in [2.24, 2.45) is 5.84 Å². The number of hydrogen-bond donors (Lipinski definition) is 1. The molecular weight excluding hydrogens is 107 g/mol. The van der Waals surface area contributed by atoms with E-state index in [1.54, 1.807) is 12.3 Å². The lowest BCUT2D eigenvalue weighted by Gasteiger charge is -2.13. The van der Waals surface area contributed by atoms with Crippen LogP contribution in [-0.2, 0) is 0 Å². The Kier molecular flexibility index (Phi) is 1.30. The van der Waals surface area contributed by atoms with Gasteiger partial charge in [-0.15, -0.1) is 0 Å². The standard InChI is InChI=1S/C5H7FN2/c6-5-2-1-3-8(7)4-5/h1-3H,4,7H2. The Morgan fingerprint density at radius 3 is 2.88 bits per heavy atom. The summed E-state index contributed by atoms with van der Waals surface area (Å²) in [4.78, 5) is 0. The first-order valence-corrected chi connectivity index (χ1v) is 2.33. The zero-order valence-electron chi connectivity index (χ0n) is 4.34. The van der Waals surface area contributed by atoms with E-state index in [9.17, 15) is 4.39 Å². The molecule has 0 fully saturated rings. The molecule has 0 bridgehead atoms. The van der Waals surface area contributed by atoms with Gasteiger partial charge in [0.05, 0.1) is 6.54 Å². The molecule has 1 aliphatic rings. The molecule has 0 aromatic heterocycles. The molecule has 0 amide bonds. The molecule has 0 aromatic rings. The van der Waals surface area contributed by atoms with Crippen LogP contribution in [0.15, 0.2) is 24.2 Å². The summed E-state index contributed by atoms with van der Waals surface area (Å²) in [5, 5.41) is 1.29. The maximum Gasteiger partial charge on any atom is 0.121 e. The van der Waals surface area contributed by atoms with Crippen molar-refractivity contribution >= 4 is 0 Å². The van der Waals surface area contributed by atoms with Crippen LogP contribution in [0.2, 0.25) is 0 Å². The van der Waals surface area contributed by atoms with Crippen molar-refractivity contribution in [3.8, 4) is 0 Å². The number of rotatable bonds is 0. The van der Waals surface area contributed by atoms with E-state index >= 15 is 0 Å². The fourth-order valence-corrected chi connectivity index (χ4v) is 0.538. The fourth-order valence-electron chi connectivity index (χ4n) is 0.538. The van der Waals surface area contributed by atoms with Crippen LogP contribution >= 0.6 is 0 Å². The molecular formula is C5H7FN2. The average Bonchev–Trinajstić information content (AvgIpc) is 1.64. The van der Waals surface area contributed by atoms with Gasteiger partial charge in [0.1, 0.15) is 5.83 Å². The summed E-state index contributed by atoms with van der Waals surface area (Å²) in [5.41, 5.74) is 0. The molecule has 2 nitrogen and oxygen atoms in total. The minimum Gasteiger partial charge on any atom is -0.312 e. The second-order valence-corrected chi connectivity index (χ2v) is 1.63. The highest BCUT2D eigenvalue weighted by Gasteiger charge is 1.99. The molecule has 0 spiro atoms. The minimum absolute atomic E-state index is 0.191. The molecule has 2 N–H and O–H groups in total. The zero-order chi connectivity index (χ0) is 5.98. The van der Waals surface area contributed by atoms with E-state index in [1.165, 1.54) is 11.1 Å². The van der Waals surface area contributed by atoms with Gasteiger partial charge in [-0.05, 0) is 12.2 Å². The number of hydrazine groups is 1. The van der Waals surface area contributed by atoms with Gasteiger partial charge in [-0.2, -0.15) is 0 Å². The third kappa shape index (κ3) is 1.07. The highest BCUT2D eigenvalue weighted by atomic mass is 19.1. The van der Waals surface area contributed by atoms with Crippen LogP contribution in [0, 0.1) is 0 Å². The van der Waals surface area contributed by atoms with Crippen molar-refractivity contribution in [2.45, 2.75) is 0 Å². The summed E-state index contributed by atoms with van der Waals surface area (Å²) in [7, 11) is 0. The van der Waals surface area contributed by atoms with Crippen LogP contribution in [0.5, 0.6) is 0 Å². The van der Waals surface area contributed by atoms with Crippen molar-refractivity contribution in [1.29, 1.82) is 0 Å². The summed E-state index contributed by atoms with van der Waals surface area (Å²) in [6, 6.07) is 0. The van der Waals surface area contributed by atoms with E-state index in [2.05, 4.69) is 0 Å². The zero-order valence-corrected chi connectivity index (χ0v) is 4.34. The monoisotopic (exact) mass is 114 g/mol. The Bertz CT molecular complexity index is 139. The quantitative estimate of drug-likeness (QED) is 0.466. The minimum atomic E-state index is -0.199. The Balaban J connectivity index is 2.59. The van der Waals surface area contributed by atoms with Gasteiger partial charge in [-0.25, -0.2) is 10.2 Å². The molecule has 0 saturated heterocycles. The lowest BCUT2D eigenvalue weighted by molar-refractivity contribution is 0.381. The first-order chi connectivity index (χ1) is 3.79. The first-order valence-electron chi connectivity index (χ1n) is 2.33. The van der Waals surface area contributed by atoms with Crippen LogP contribution in [0.4, 0.5) is 4.39 Å². The summed E-state index contributed by atoms with van der Waals surface area (Å²) in [6.07, 6.45) is 4.57. The normalized spacial score (nSPS) is 18.8. The first kappa shape index (κ1) is 5.31. The number of allylic oxidation sites excluding steroid dienone is 2. The molecule has 3 heteroatoms. The molecule has 44 valence electrons. The summed E-state index contributed by atoms with van der Waals surface area (Å²) in [5.74, 6) is 4.99. The molecule has 1 heterocycles. The van der Waals surface area contributed by atoms with Gasteiger partial charge in [0.15, 0.2) is 0 Å². The van der Waals surface area contributed by atoms with E-state index < -0.39 is 0 Å². The van der Waals surface area contributed by atoms with E-state index in [1.807, 2.05) is 0 Å². The third-order valence-electron chi connectivity index (χ3n) is 0.888. The van der Waals surface area contributed by atoms with Gasteiger partial charge in [0.2, 0.25) is 0 Å². The third-order valence-corrected chi connectivity index (χ3v) is 0.888. The topological polar surface area (TPSA) is 29.3 Å². The average molecular weight is 114 g/mol.